The van der Waals surface area contributed by atoms with Gasteiger partial charge in [0, 0.05) is 18.2 Å². The summed E-state index contributed by atoms with van der Waals surface area (Å²) in [7, 11) is 0. The maximum Gasteiger partial charge on any atom is 0.261 e. The molecule has 1 fully saturated rings. The largest absolute Gasteiger partial charge is 0.481 e. The quantitative estimate of drug-likeness (QED) is 0.802. The topological polar surface area (TPSA) is 67.4 Å². The maximum absolute atomic E-state index is 12.3. The van der Waals surface area contributed by atoms with Gasteiger partial charge in [-0.1, -0.05) is 24.3 Å². The number of aryl methyl sites for hydroxylation is 1. The highest BCUT2D eigenvalue weighted by molar-refractivity contribution is 5.94. The van der Waals surface area contributed by atoms with Crippen LogP contribution in [0.1, 0.15) is 30.9 Å². The number of nitrogens with one attached hydrogen (secondary N) is 2. The lowest BCUT2D eigenvalue weighted by atomic mass is 10.2. The summed E-state index contributed by atoms with van der Waals surface area (Å²) >= 11 is 0. The molecule has 0 saturated heterocycles. The molecule has 0 bridgehead atoms. The number of carbonyl (C=O) groups excluding carboxylic acids is 2. The van der Waals surface area contributed by atoms with Crippen molar-refractivity contribution in [3.63, 3.8) is 0 Å². The predicted octanol–water partition coefficient (Wildman–Crippen LogP) is 3.43. The molecule has 0 heterocycles. The Hall–Kier alpha value is -2.82. The van der Waals surface area contributed by atoms with E-state index in [4.69, 9.17) is 4.74 Å². The zero-order valence-corrected chi connectivity index (χ0v) is 15.1. The second-order valence-electron chi connectivity index (χ2n) is 6.76. The Balaban J connectivity index is 1.51. The summed E-state index contributed by atoms with van der Waals surface area (Å²) in [6.07, 6.45) is 1.36. The standard InChI is InChI=1S/C21H24N2O3/c1-14-5-3-8-19(11-14)26-15(2)20(24)22-13-16-6-4-7-18(12-16)23-21(25)17-9-10-17/h3-8,11-12,15,17H,9-10,13H2,1-2H3,(H,22,24)(H,23,25). The molecule has 0 aliphatic heterocycles. The third-order valence-corrected chi connectivity index (χ3v) is 4.28. The molecular formula is C21H24N2O3. The molecule has 1 saturated carbocycles. The molecule has 5 nitrogen and oxygen atoms in total. The maximum atomic E-state index is 12.3. The van der Waals surface area contributed by atoms with Crippen LogP contribution in [0.15, 0.2) is 48.5 Å². The molecule has 136 valence electrons. The van der Waals surface area contributed by atoms with Crippen molar-refractivity contribution in [3.05, 3.63) is 59.7 Å². The summed E-state index contributed by atoms with van der Waals surface area (Å²) in [5.41, 5.74) is 2.77. The smallest absolute Gasteiger partial charge is 0.261 e. The van der Waals surface area contributed by atoms with Gasteiger partial charge in [0.15, 0.2) is 6.10 Å². The van der Waals surface area contributed by atoms with Crippen LogP contribution in [0.25, 0.3) is 0 Å². The highest BCUT2D eigenvalue weighted by Crippen LogP contribution is 2.30. The molecule has 1 unspecified atom stereocenters. The van der Waals surface area contributed by atoms with Gasteiger partial charge in [-0.25, -0.2) is 0 Å². The second-order valence-corrected chi connectivity index (χ2v) is 6.76. The number of carbonyl (C=O) groups is 2. The fourth-order valence-electron chi connectivity index (χ4n) is 2.63. The molecule has 1 atom stereocenters. The van der Waals surface area contributed by atoms with E-state index in [-0.39, 0.29) is 17.7 Å². The highest BCUT2D eigenvalue weighted by atomic mass is 16.5. The molecule has 2 N–H and O–H groups in total. The average molecular weight is 352 g/mol. The van der Waals surface area contributed by atoms with Gasteiger partial charge in [0.1, 0.15) is 5.75 Å². The Labute approximate surface area is 153 Å². The Morgan fingerprint density at radius 2 is 1.92 bits per heavy atom. The van der Waals surface area contributed by atoms with Crippen molar-refractivity contribution in [1.82, 2.24) is 5.32 Å². The number of anilines is 1. The first kappa shape index (κ1) is 18.0. The zero-order valence-electron chi connectivity index (χ0n) is 15.1. The van der Waals surface area contributed by atoms with Gasteiger partial charge in [-0.2, -0.15) is 0 Å². The fourth-order valence-corrected chi connectivity index (χ4v) is 2.63. The number of hydrogen-bond acceptors (Lipinski definition) is 3. The molecule has 3 rings (SSSR count). The molecule has 5 heteroatoms. The van der Waals surface area contributed by atoms with Crippen LogP contribution >= 0.6 is 0 Å². The van der Waals surface area contributed by atoms with E-state index in [1.54, 1.807) is 6.92 Å². The van der Waals surface area contributed by atoms with Crippen LogP contribution < -0.4 is 15.4 Å². The first-order chi connectivity index (χ1) is 12.5. The number of amides is 2. The van der Waals surface area contributed by atoms with Crippen molar-refractivity contribution < 1.29 is 14.3 Å². The van der Waals surface area contributed by atoms with E-state index in [2.05, 4.69) is 10.6 Å². The Kier molecular flexibility index (Phi) is 5.56. The number of hydrogen-bond donors (Lipinski definition) is 2. The van der Waals surface area contributed by atoms with Crippen molar-refractivity contribution in [2.45, 2.75) is 39.3 Å². The normalized spacial score (nSPS) is 14.4. The summed E-state index contributed by atoms with van der Waals surface area (Å²) < 4.78 is 5.69. The van der Waals surface area contributed by atoms with E-state index in [1.165, 1.54) is 0 Å². The van der Waals surface area contributed by atoms with Gasteiger partial charge in [0.25, 0.3) is 5.91 Å². The lowest BCUT2D eigenvalue weighted by Crippen LogP contribution is -2.35. The summed E-state index contributed by atoms with van der Waals surface area (Å²) in [6, 6.07) is 15.1. The van der Waals surface area contributed by atoms with E-state index in [1.807, 2.05) is 55.5 Å². The lowest BCUT2D eigenvalue weighted by Gasteiger charge is -2.15. The van der Waals surface area contributed by atoms with Crippen molar-refractivity contribution in [2.75, 3.05) is 5.32 Å². The van der Waals surface area contributed by atoms with Crippen LogP contribution in [0, 0.1) is 12.8 Å². The van der Waals surface area contributed by atoms with Crippen molar-refractivity contribution in [2.24, 2.45) is 5.92 Å². The third-order valence-electron chi connectivity index (χ3n) is 4.28. The molecular weight excluding hydrogens is 328 g/mol. The van der Waals surface area contributed by atoms with Crippen LogP contribution in [-0.4, -0.2) is 17.9 Å². The minimum Gasteiger partial charge on any atom is -0.481 e. The van der Waals surface area contributed by atoms with Crippen LogP contribution in [0.5, 0.6) is 5.75 Å². The van der Waals surface area contributed by atoms with Gasteiger partial charge in [-0.3, -0.25) is 9.59 Å². The van der Waals surface area contributed by atoms with E-state index in [0.29, 0.717) is 12.3 Å². The van der Waals surface area contributed by atoms with Gasteiger partial charge in [-0.05, 0) is 62.1 Å². The predicted molar refractivity (Wildman–Crippen MR) is 101 cm³/mol. The third kappa shape index (κ3) is 5.09. The zero-order chi connectivity index (χ0) is 18.5. The molecule has 1 aliphatic rings. The van der Waals surface area contributed by atoms with E-state index in [9.17, 15) is 9.59 Å². The molecule has 0 aromatic heterocycles. The van der Waals surface area contributed by atoms with Crippen molar-refractivity contribution in [3.8, 4) is 5.75 Å². The first-order valence-electron chi connectivity index (χ1n) is 8.92. The molecule has 26 heavy (non-hydrogen) atoms. The van der Waals surface area contributed by atoms with Crippen LogP contribution in [-0.2, 0) is 16.1 Å². The SMILES string of the molecule is Cc1cccc(OC(C)C(=O)NCc2cccc(NC(=O)C3CC3)c2)c1. The van der Waals surface area contributed by atoms with Crippen molar-refractivity contribution >= 4 is 17.5 Å². The van der Waals surface area contributed by atoms with Crippen LogP contribution in [0.3, 0.4) is 0 Å². The summed E-state index contributed by atoms with van der Waals surface area (Å²) in [4.78, 5) is 24.1. The van der Waals surface area contributed by atoms with Crippen molar-refractivity contribution in [1.29, 1.82) is 0 Å². The first-order valence-corrected chi connectivity index (χ1v) is 8.92. The summed E-state index contributed by atoms with van der Waals surface area (Å²) in [6.45, 7) is 4.09. The fraction of sp³-hybridized carbons (Fsp3) is 0.333. The lowest BCUT2D eigenvalue weighted by molar-refractivity contribution is -0.127. The average Bonchev–Trinajstić information content (AvgIpc) is 3.45. The van der Waals surface area contributed by atoms with Crippen LogP contribution in [0.4, 0.5) is 5.69 Å². The van der Waals surface area contributed by atoms with Gasteiger partial charge in [0.05, 0.1) is 0 Å². The minimum atomic E-state index is -0.588. The minimum absolute atomic E-state index is 0.0753. The molecule has 2 aromatic rings. The molecule has 0 radical (unpaired) electrons. The van der Waals surface area contributed by atoms with E-state index >= 15 is 0 Å². The van der Waals surface area contributed by atoms with Gasteiger partial charge in [-0.15, -0.1) is 0 Å². The molecule has 1 aliphatic carbocycles. The summed E-state index contributed by atoms with van der Waals surface area (Å²) in [5, 5.41) is 5.79. The Morgan fingerprint density at radius 1 is 1.15 bits per heavy atom. The molecule has 2 amide bonds. The number of benzene rings is 2. The number of ether oxygens (including phenoxy) is 1. The number of rotatable bonds is 7. The van der Waals surface area contributed by atoms with E-state index in [0.717, 1.165) is 29.7 Å². The molecule has 2 aromatic carbocycles. The van der Waals surface area contributed by atoms with Gasteiger partial charge in [0.2, 0.25) is 5.91 Å². The van der Waals surface area contributed by atoms with Crippen LogP contribution in [0.2, 0.25) is 0 Å². The Bertz CT molecular complexity index is 799. The Morgan fingerprint density at radius 3 is 2.65 bits per heavy atom. The highest BCUT2D eigenvalue weighted by Gasteiger charge is 2.29. The summed E-state index contributed by atoms with van der Waals surface area (Å²) in [5.74, 6) is 0.737. The van der Waals surface area contributed by atoms with Gasteiger partial charge < -0.3 is 15.4 Å². The van der Waals surface area contributed by atoms with Gasteiger partial charge >= 0.3 is 0 Å². The second kappa shape index (κ2) is 8.04. The molecule has 0 spiro atoms. The monoisotopic (exact) mass is 352 g/mol. The van der Waals surface area contributed by atoms with E-state index < -0.39 is 6.10 Å².